The summed E-state index contributed by atoms with van der Waals surface area (Å²) in [4.78, 5) is 17.8. The zero-order chi connectivity index (χ0) is 19.7. The number of benzene rings is 1. The smallest absolute Gasteiger partial charge is 0.321 e. The number of hydrogen-bond acceptors (Lipinski definition) is 4. The summed E-state index contributed by atoms with van der Waals surface area (Å²) < 4.78 is 27.7. The van der Waals surface area contributed by atoms with E-state index in [1.807, 2.05) is 6.07 Å². The van der Waals surface area contributed by atoms with Crippen molar-refractivity contribution in [3.63, 3.8) is 0 Å². The molecule has 1 aliphatic carbocycles. The third-order valence-corrected chi connectivity index (χ3v) is 7.78. The highest BCUT2D eigenvalue weighted by Crippen LogP contribution is 2.32. The van der Waals surface area contributed by atoms with E-state index in [4.69, 9.17) is 0 Å². The Balaban J connectivity index is 1.49. The Morgan fingerprint density at radius 2 is 2.11 bits per heavy atom. The van der Waals surface area contributed by atoms with E-state index in [2.05, 4.69) is 22.0 Å². The van der Waals surface area contributed by atoms with Gasteiger partial charge in [0, 0.05) is 10.6 Å². The molecule has 1 aromatic heterocycles. The van der Waals surface area contributed by atoms with Crippen molar-refractivity contribution in [3.05, 3.63) is 45.6 Å². The van der Waals surface area contributed by atoms with Gasteiger partial charge >= 0.3 is 10.0 Å². The maximum atomic E-state index is 12.7. The molecule has 1 aliphatic heterocycles. The van der Waals surface area contributed by atoms with Gasteiger partial charge in [0.2, 0.25) is 0 Å². The molecule has 2 aromatic rings. The number of anilines is 1. The van der Waals surface area contributed by atoms with Gasteiger partial charge in [0.25, 0.3) is 11.7 Å². The minimum Gasteiger partial charge on any atom is -0.321 e. The van der Waals surface area contributed by atoms with E-state index in [0.717, 1.165) is 32.2 Å². The third-order valence-electron chi connectivity index (χ3n) is 5.15. The first kappa shape index (κ1) is 19.1. The zero-order valence-corrected chi connectivity index (χ0v) is 17.4. The van der Waals surface area contributed by atoms with E-state index in [0.29, 0.717) is 28.7 Å². The summed E-state index contributed by atoms with van der Waals surface area (Å²) in [5.74, 6) is 1.08. The van der Waals surface area contributed by atoms with Crippen LogP contribution in [0.4, 0.5) is 5.69 Å². The second kappa shape index (κ2) is 7.67. The first-order chi connectivity index (χ1) is 13.4. The Bertz CT molecular complexity index is 1040. The molecule has 8 heteroatoms. The van der Waals surface area contributed by atoms with Crippen LogP contribution in [0.2, 0.25) is 0 Å². The standard InChI is InChI=1S/C20H23N3O3S2/c1-13-7-8-17-14(10-13)11-18(27-17)20(24)22-15-4-2-5-16(12-15)28(25,26)23-19-6-3-9-21-19/h2,4-5,11-13H,3,6-10H2,1H3,(H,21,23)(H,22,24)/p+1/t13-/m0/s1. The topological polar surface area (TPSA) is 89.2 Å². The molecule has 1 aromatic carbocycles. The minimum absolute atomic E-state index is 0.130. The van der Waals surface area contributed by atoms with Crippen LogP contribution in [0, 0.1) is 5.92 Å². The maximum absolute atomic E-state index is 12.7. The fraction of sp³-hybridized carbons (Fsp3) is 0.400. The molecule has 0 saturated heterocycles. The van der Waals surface area contributed by atoms with Gasteiger partial charge in [-0.2, -0.15) is 13.1 Å². The number of carbonyl (C=O) groups excluding carboxylic acids is 1. The number of fused-ring (bicyclic) bond motifs is 1. The molecule has 28 heavy (non-hydrogen) atoms. The SMILES string of the molecule is C[C@H]1CCc2sc(C(=O)Nc3cccc(S(=O)(=O)NC4=[NH+]CCC4)c3)cc2C1. The molecule has 3 N–H and O–H groups in total. The van der Waals surface area contributed by atoms with Crippen molar-refractivity contribution in [1.82, 2.24) is 4.72 Å². The van der Waals surface area contributed by atoms with Crippen molar-refractivity contribution in [2.75, 3.05) is 11.9 Å². The van der Waals surface area contributed by atoms with Crippen molar-refractivity contribution >= 4 is 38.8 Å². The highest BCUT2D eigenvalue weighted by molar-refractivity contribution is 7.90. The van der Waals surface area contributed by atoms with E-state index in [1.165, 1.54) is 22.6 Å². The van der Waals surface area contributed by atoms with Gasteiger partial charge in [-0.15, -0.1) is 11.3 Å². The molecule has 2 aliphatic rings. The molecular weight excluding hydrogens is 394 g/mol. The van der Waals surface area contributed by atoms with Crippen LogP contribution in [-0.4, -0.2) is 26.7 Å². The lowest BCUT2D eigenvalue weighted by molar-refractivity contribution is -0.448. The van der Waals surface area contributed by atoms with E-state index in [-0.39, 0.29) is 10.8 Å². The van der Waals surface area contributed by atoms with Gasteiger partial charge in [0.1, 0.15) is 4.90 Å². The van der Waals surface area contributed by atoms with Gasteiger partial charge in [-0.1, -0.05) is 13.0 Å². The van der Waals surface area contributed by atoms with Crippen LogP contribution in [0.15, 0.2) is 35.2 Å². The van der Waals surface area contributed by atoms with Crippen LogP contribution >= 0.6 is 11.3 Å². The van der Waals surface area contributed by atoms with Crippen LogP contribution in [0.1, 0.15) is 46.3 Å². The minimum atomic E-state index is -3.67. The van der Waals surface area contributed by atoms with E-state index >= 15 is 0 Å². The molecule has 2 heterocycles. The molecule has 148 valence electrons. The summed E-state index contributed by atoms with van der Waals surface area (Å²) >= 11 is 1.54. The van der Waals surface area contributed by atoms with Gasteiger partial charge in [-0.25, -0.2) is 0 Å². The van der Waals surface area contributed by atoms with Gasteiger partial charge < -0.3 is 5.32 Å². The van der Waals surface area contributed by atoms with Crippen molar-refractivity contribution < 1.29 is 18.2 Å². The Morgan fingerprint density at radius 3 is 2.89 bits per heavy atom. The summed E-state index contributed by atoms with van der Waals surface area (Å²) in [7, 11) is -3.67. The van der Waals surface area contributed by atoms with E-state index < -0.39 is 10.0 Å². The van der Waals surface area contributed by atoms with Gasteiger partial charge in [-0.3, -0.25) is 9.79 Å². The summed E-state index contributed by atoms with van der Waals surface area (Å²) in [5, 5.41) is 2.84. The van der Waals surface area contributed by atoms with Crippen LogP contribution in [0.25, 0.3) is 0 Å². The molecule has 0 bridgehead atoms. The van der Waals surface area contributed by atoms with Gasteiger partial charge in [-0.05, 0) is 61.4 Å². The number of amides is 1. The summed E-state index contributed by atoms with van der Waals surface area (Å²) in [6.07, 6.45) is 4.82. The predicted molar refractivity (Wildman–Crippen MR) is 110 cm³/mol. The second-order valence-corrected chi connectivity index (χ2v) is 10.3. The molecule has 1 atom stereocenters. The second-order valence-electron chi connectivity index (χ2n) is 7.50. The van der Waals surface area contributed by atoms with E-state index in [9.17, 15) is 13.2 Å². The highest BCUT2D eigenvalue weighted by atomic mass is 32.2. The lowest BCUT2D eigenvalue weighted by Gasteiger charge is -2.16. The predicted octanol–water partition coefficient (Wildman–Crippen LogP) is 1.68. The third kappa shape index (κ3) is 4.12. The zero-order valence-electron chi connectivity index (χ0n) is 15.7. The highest BCUT2D eigenvalue weighted by Gasteiger charge is 2.25. The largest absolute Gasteiger partial charge is 0.328 e. The van der Waals surface area contributed by atoms with Crippen molar-refractivity contribution in [1.29, 1.82) is 0 Å². The molecule has 6 nitrogen and oxygen atoms in total. The van der Waals surface area contributed by atoms with Crippen molar-refractivity contribution in [2.45, 2.75) is 43.9 Å². The van der Waals surface area contributed by atoms with Gasteiger partial charge in [0.15, 0.2) is 0 Å². The summed E-state index contributed by atoms with van der Waals surface area (Å²) in [6, 6.07) is 8.34. The van der Waals surface area contributed by atoms with Crippen molar-refractivity contribution in [3.8, 4) is 0 Å². The number of nitrogens with one attached hydrogen (secondary N) is 3. The quantitative estimate of drug-likeness (QED) is 0.706. The molecular formula is C20H24N3O3S2+. The first-order valence-corrected chi connectivity index (χ1v) is 11.9. The number of thiophene rings is 1. The van der Waals surface area contributed by atoms with Crippen LogP contribution in [-0.2, 0) is 22.9 Å². The van der Waals surface area contributed by atoms with E-state index in [1.54, 1.807) is 23.5 Å². The lowest BCUT2D eigenvalue weighted by Crippen LogP contribution is -2.72. The number of amidine groups is 1. The van der Waals surface area contributed by atoms with Crippen LogP contribution in [0.5, 0.6) is 0 Å². The molecule has 1 amide bonds. The van der Waals surface area contributed by atoms with Crippen molar-refractivity contribution in [2.24, 2.45) is 5.92 Å². The fourth-order valence-corrected chi connectivity index (χ4v) is 5.91. The Hall–Kier alpha value is -2.19. The summed E-state index contributed by atoms with van der Waals surface area (Å²) in [6.45, 7) is 3.01. The van der Waals surface area contributed by atoms with Gasteiger partial charge in [0.05, 0.1) is 17.8 Å². The lowest BCUT2D eigenvalue weighted by atomic mass is 9.90. The normalized spacial score (nSPS) is 19.0. The molecule has 0 saturated carbocycles. The maximum Gasteiger partial charge on any atom is 0.328 e. The molecule has 0 spiro atoms. The number of hydrogen-bond donors (Lipinski definition) is 3. The van der Waals surface area contributed by atoms with Crippen LogP contribution in [0.3, 0.4) is 0 Å². The number of aryl methyl sites for hydroxylation is 1. The molecule has 4 rings (SSSR count). The molecule has 0 unspecified atom stereocenters. The Kier molecular flexibility index (Phi) is 5.25. The number of carbonyl (C=O) groups is 1. The average Bonchev–Trinajstić information content (AvgIpc) is 3.30. The monoisotopic (exact) mass is 418 g/mol. The fourth-order valence-electron chi connectivity index (χ4n) is 3.65. The first-order valence-electron chi connectivity index (χ1n) is 9.56. The molecule has 0 radical (unpaired) electrons. The Labute approximate surface area is 169 Å². The van der Waals surface area contributed by atoms with Crippen LogP contribution < -0.4 is 15.0 Å². The molecule has 0 fully saturated rings. The average molecular weight is 419 g/mol. The number of sulfonamides is 1. The number of rotatable bonds is 4. The Morgan fingerprint density at radius 1 is 1.25 bits per heavy atom. The summed E-state index contributed by atoms with van der Waals surface area (Å²) in [5.41, 5.74) is 1.74.